The summed E-state index contributed by atoms with van der Waals surface area (Å²) in [5.41, 5.74) is 1.73. The second-order valence-electron chi connectivity index (χ2n) is 4.58. The highest BCUT2D eigenvalue weighted by Crippen LogP contribution is 2.13. The number of hydrogen-bond acceptors (Lipinski definition) is 5. The summed E-state index contributed by atoms with van der Waals surface area (Å²) in [6.07, 6.45) is 2.30. The van der Waals surface area contributed by atoms with E-state index >= 15 is 0 Å². The van der Waals surface area contributed by atoms with Crippen LogP contribution >= 0.6 is 0 Å². The first-order valence-electron chi connectivity index (χ1n) is 6.75. The lowest BCUT2D eigenvalue weighted by Crippen LogP contribution is -2.36. The van der Waals surface area contributed by atoms with Crippen LogP contribution in [-0.4, -0.2) is 32.3 Å². The van der Waals surface area contributed by atoms with Crippen molar-refractivity contribution in [2.24, 2.45) is 5.92 Å². The van der Waals surface area contributed by atoms with Gasteiger partial charge in [-0.1, -0.05) is 34.1 Å². The number of carboxylic acids is 1. The molecule has 0 saturated heterocycles. The molecule has 19 heavy (non-hydrogen) atoms. The fraction of sp³-hybridized carbons (Fsp3) is 0.692. The number of carboxylic acid groups (broad SMARTS) is 1. The van der Waals surface area contributed by atoms with Crippen LogP contribution in [0.3, 0.4) is 0 Å². The highest BCUT2D eigenvalue weighted by Gasteiger charge is 2.24. The Hall–Kier alpha value is -1.72. The van der Waals surface area contributed by atoms with E-state index in [1.807, 2.05) is 27.7 Å². The molecule has 6 heteroatoms. The van der Waals surface area contributed by atoms with Gasteiger partial charge >= 0.3 is 5.97 Å². The Balaban J connectivity index is 2.94. The number of carbonyl (C=O) groups is 1. The quantitative estimate of drug-likeness (QED) is 0.783. The van der Waals surface area contributed by atoms with Gasteiger partial charge < -0.3 is 10.4 Å². The lowest BCUT2D eigenvalue weighted by molar-refractivity contribution is -0.139. The van der Waals surface area contributed by atoms with Gasteiger partial charge in [0.1, 0.15) is 6.04 Å². The number of hydrogen-bond donors (Lipinski definition) is 2. The van der Waals surface area contributed by atoms with Crippen molar-refractivity contribution >= 4 is 11.9 Å². The van der Waals surface area contributed by atoms with Gasteiger partial charge in [0, 0.05) is 0 Å². The van der Waals surface area contributed by atoms with Crippen LogP contribution in [0.15, 0.2) is 0 Å². The molecule has 0 spiro atoms. The maximum atomic E-state index is 11.2. The van der Waals surface area contributed by atoms with Gasteiger partial charge in [0.2, 0.25) is 5.95 Å². The number of aryl methyl sites for hydroxylation is 2. The van der Waals surface area contributed by atoms with E-state index in [0.29, 0.717) is 5.95 Å². The fourth-order valence-electron chi connectivity index (χ4n) is 1.82. The highest BCUT2D eigenvalue weighted by molar-refractivity contribution is 5.76. The van der Waals surface area contributed by atoms with Gasteiger partial charge in [-0.15, -0.1) is 5.10 Å². The van der Waals surface area contributed by atoms with Crippen LogP contribution in [0, 0.1) is 5.92 Å². The van der Waals surface area contributed by atoms with E-state index in [-0.39, 0.29) is 5.92 Å². The zero-order chi connectivity index (χ0) is 14.4. The molecule has 106 valence electrons. The molecule has 1 aromatic heterocycles. The third kappa shape index (κ3) is 3.87. The zero-order valence-electron chi connectivity index (χ0n) is 12.0. The van der Waals surface area contributed by atoms with E-state index in [4.69, 9.17) is 0 Å². The summed E-state index contributed by atoms with van der Waals surface area (Å²) < 4.78 is 0. The molecule has 1 rings (SSSR count). The van der Waals surface area contributed by atoms with E-state index in [9.17, 15) is 9.90 Å². The maximum absolute atomic E-state index is 11.2. The van der Waals surface area contributed by atoms with Gasteiger partial charge in [0.25, 0.3) is 0 Å². The Labute approximate surface area is 113 Å². The monoisotopic (exact) mass is 266 g/mol. The smallest absolute Gasteiger partial charge is 0.326 e. The molecule has 1 heterocycles. The zero-order valence-corrected chi connectivity index (χ0v) is 12.0. The first-order chi connectivity index (χ1) is 9.03. The summed E-state index contributed by atoms with van der Waals surface area (Å²) >= 11 is 0. The number of anilines is 1. The summed E-state index contributed by atoms with van der Waals surface area (Å²) in [5, 5.41) is 20.2. The second-order valence-corrected chi connectivity index (χ2v) is 4.58. The first-order valence-corrected chi connectivity index (χ1v) is 6.75. The number of aliphatic carboxylic acids is 1. The molecule has 0 amide bonds. The molecule has 6 nitrogen and oxygen atoms in total. The molecule has 0 unspecified atom stereocenters. The lowest BCUT2D eigenvalue weighted by Gasteiger charge is -2.20. The summed E-state index contributed by atoms with van der Waals surface area (Å²) in [6.45, 7) is 7.84. The van der Waals surface area contributed by atoms with Gasteiger partial charge in [-0.3, -0.25) is 0 Å². The topological polar surface area (TPSA) is 88.0 Å². The largest absolute Gasteiger partial charge is 0.480 e. The number of nitrogens with zero attached hydrogens (tertiary/aromatic N) is 3. The predicted molar refractivity (Wildman–Crippen MR) is 73.1 cm³/mol. The second kappa shape index (κ2) is 7.01. The molecule has 1 aromatic rings. The van der Waals surface area contributed by atoms with Gasteiger partial charge in [0.15, 0.2) is 0 Å². The van der Waals surface area contributed by atoms with Crippen molar-refractivity contribution in [3.63, 3.8) is 0 Å². The SMILES string of the molecule is CCc1nnc(N[C@H](C(=O)O)[C@@H](C)CC)nc1CC. The summed E-state index contributed by atoms with van der Waals surface area (Å²) in [4.78, 5) is 15.6. The Morgan fingerprint density at radius 3 is 2.32 bits per heavy atom. The van der Waals surface area contributed by atoms with Crippen molar-refractivity contribution in [3.05, 3.63) is 11.4 Å². The van der Waals surface area contributed by atoms with Crippen molar-refractivity contribution in [3.8, 4) is 0 Å². The summed E-state index contributed by atoms with van der Waals surface area (Å²) in [6, 6.07) is -0.691. The highest BCUT2D eigenvalue weighted by atomic mass is 16.4. The summed E-state index contributed by atoms with van der Waals surface area (Å²) in [5.74, 6) is -0.602. The first kappa shape index (κ1) is 15.3. The molecular formula is C13H22N4O2. The van der Waals surface area contributed by atoms with Gasteiger partial charge in [-0.05, 0) is 18.8 Å². The van der Waals surface area contributed by atoms with Crippen molar-refractivity contribution in [1.82, 2.24) is 15.2 Å². The van der Waals surface area contributed by atoms with Crippen molar-refractivity contribution in [1.29, 1.82) is 0 Å². The molecule has 0 fully saturated rings. The normalized spacial score (nSPS) is 13.9. The third-order valence-corrected chi connectivity index (χ3v) is 3.27. The minimum absolute atomic E-state index is 0.00275. The van der Waals surface area contributed by atoms with E-state index < -0.39 is 12.0 Å². The molecule has 2 atom stereocenters. The van der Waals surface area contributed by atoms with E-state index in [1.54, 1.807) is 0 Å². The van der Waals surface area contributed by atoms with E-state index in [1.165, 1.54) is 0 Å². The lowest BCUT2D eigenvalue weighted by atomic mass is 9.99. The van der Waals surface area contributed by atoms with Crippen LogP contribution in [0.5, 0.6) is 0 Å². The molecule has 0 aliphatic carbocycles. The van der Waals surface area contributed by atoms with Crippen LogP contribution in [0.4, 0.5) is 5.95 Å². The van der Waals surface area contributed by atoms with Gasteiger partial charge in [-0.25, -0.2) is 9.78 Å². The average molecular weight is 266 g/mol. The van der Waals surface area contributed by atoms with E-state index in [2.05, 4.69) is 20.5 Å². The Bertz CT molecular complexity index is 437. The van der Waals surface area contributed by atoms with E-state index in [0.717, 1.165) is 30.7 Å². The van der Waals surface area contributed by atoms with Crippen LogP contribution in [0.1, 0.15) is 45.5 Å². The summed E-state index contributed by atoms with van der Waals surface area (Å²) in [7, 11) is 0. The third-order valence-electron chi connectivity index (χ3n) is 3.27. The number of nitrogens with one attached hydrogen (secondary N) is 1. The minimum atomic E-state index is -0.893. The van der Waals surface area contributed by atoms with Crippen LogP contribution in [0.2, 0.25) is 0 Å². The predicted octanol–water partition coefficient (Wildman–Crippen LogP) is 1.91. The number of rotatable bonds is 7. The van der Waals surface area contributed by atoms with Crippen LogP contribution in [-0.2, 0) is 17.6 Å². The molecule has 0 bridgehead atoms. The fourth-order valence-corrected chi connectivity index (χ4v) is 1.82. The van der Waals surface area contributed by atoms with Crippen molar-refractivity contribution in [2.75, 3.05) is 5.32 Å². The molecule has 0 saturated carbocycles. The Kier molecular flexibility index (Phi) is 5.66. The van der Waals surface area contributed by atoms with Crippen molar-refractivity contribution in [2.45, 2.75) is 53.0 Å². The molecular weight excluding hydrogens is 244 g/mol. The van der Waals surface area contributed by atoms with Crippen LogP contribution in [0.25, 0.3) is 0 Å². The minimum Gasteiger partial charge on any atom is -0.480 e. The molecule has 0 aromatic carbocycles. The molecule has 0 radical (unpaired) electrons. The molecule has 2 N–H and O–H groups in total. The van der Waals surface area contributed by atoms with Crippen LogP contribution < -0.4 is 5.32 Å². The van der Waals surface area contributed by atoms with Crippen molar-refractivity contribution < 1.29 is 9.90 Å². The number of aromatic nitrogens is 3. The Morgan fingerprint density at radius 1 is 1.21 bits per heavy atom. The van der Waals surface area contributed by atoms with Gasteiger partial charge in [-0.2, -0.15) is 5.10 Å². The average Bonchev–Trinajstić information content (AvgIpc) is 2.43. The molecule has 0 aliphatic rings. The Morgan fingerprint density at radius 2 is 1.84 bits per heavy atom. The molecule has 0 aliphatic heterocycles. The standard InChI is InChI=1S/C13H22N4O2/c1-5-8(4)11(12(18)19)15-13-14-9(6-2)10(7-3)16-17-13/h8,11H,5-7H2,1-4H3,(H,18,19)(H,14,15,17)/t8-,11-/m0/s1. The van der Waals surface area contributed by atoms with Gasteiger partial charge in [0.05, 0.1) is 11.4 Å². The maximum Gasteiger partial charge on any atom is 0.326 e.